The zero-order chi connectivity index (χ0) is 20.4. The molecule has 1 aromatic carbocycles. The lowest BCUT2D eigenvalue weighted by molar-refractivity contribution is 0.0450. The highest BCUT2D eigenvalue weighted by Crippen LogP contribution is 2.15. The van der Waals surface area contributed by atoms with Gasteiger partial charge in [0, 0.05) is 18.1 Å². The molecule has 0 bridgehead atoms. The summed E-state index contributed by atoms with van der Waals surface area (Å²) in [4.78, 5) is 4.16. The van der Waals surface area contributed by atoms with Gasteiger partial charge in [-0.3, -0.25) is 0 Å². The third kappa shape index (κ3) is 12.1. The van der Waals surface area contributed by atoms with Crippen molar-refractivity contribution in [1.82, 2.24) is 9.55 Å². The minimum atomic E-state index is 0.220. The van der Waals surface area contributed by atoms with Crippen LogP contribution in [0.5, 0.6) is 0 Å². The molecule has 29 heavy (non-hydrogen) atoms. The van der Waals surface area contributed by atoms with Gasteiger partial charge in [-0.15, -0.1) is 0 Å². The summed E-state index contributed by atoms with van der Waals surface area (Å²) in [5, 5.41) is 0. The Bertz CT molecular complexity index is 588. The van der Waals surface area contributed by atoms with Crippen molar-refractivity contribution in [3.63, 3.8) is 0 Å². The van der Waals surface area contributed by atoms with Crippen molar-refractivity contribution < 1.29 is 4.74 Å². The summed E-state index contributed by atoms with van der Waals surface area (Å²) in [6, 6.07) is 10.5. The van der Waals surface area contributed by atoms with Crippen LogP contribution in [0, 0.1) is 0 Å². The number of unbranched alkanes of at least 4 members (excludes halogenated alkanes) is 9. The molecule has 0 aliphatic carbocycles. The Morgan fingerprint density at radius 2 is 1.62 bits per heavy atom. The van der Waals surface area contributed by atoms with Crippen molar-refractivity contribution in [2.24, 2.45) is 0 Å². The first-order chi connectivity index (χ1) is 14.4. The Hall–Kier alpha value is -1.26. The van der Waals surface area contributed by atoms with Crippen molar-refractivity contribution in [2.45, 2.75) is 90.4 Å². The number of rotatable bonds is 18. The molecule has 0 saturated heterocycles. The normalized spacial score (nSPS) is 12.3. The van der Waals surface area contributed by atoms with Crippen LogP contribution >= 0.6 is 11.8 Å². The maximum atomic E-state index is 6.23. The summed E-state index contributed by atoms with van der Waals surface area (Å²) < 4.78 is 8.35. The van der Waals surface area contributed by atoms with E-state index < -0.39 is 0 Å². The number of ether oxygens (including phenoxy) is 1. The SMILES string of the molecule is CCCCCCCCCCCCSCC(Cn1ccnc1)OCc1ccccc1. The summed E-state index contributed by atoms with van der Waals surface area (Å²) in [5.74, 6) is 2.29. The summed E-state index contributed by atoms with van der Waals surface area (Å²) in [6.07, 6.45) is 20.0. The van der Waals surface area contributed by atoms with Gasteiger partial charge >= 0.3 is 0 Å². The molecule has 1 aromatic heterocycles. The molecule has 2 rings (SSSR count). The van der Waals surface area contributed by atoms with Gasteiger partial charge in [0.1, 0.15) is 0 Å². The highest BCUT2D eigenvalue weighted by molar-refractivity contribution is 7.99. The van der Waals surface area contributed by atoms with Gasteiger partial charge in [-0.2, -0.15) is 11.8 Å². The molecule has 0 spiro atoms. The van der Waals surface area contributed by atoms with Gasteiger partial charge < -0.3 is 9.30 Å². The molecule has 0 N–H and O–H groups in total. The summed E-state index contributed by atoms with van der Waals surface area (Å²) >= 11 is 2.04. The molecule has 4 heteroatoms. The van der Waals surface area contributed by atoms with Crippen molar-refractivity contribution in [3.8, 4) is 0 Å². The topological polar surface area (TPSA) is 27.1 Å². The molecule has 0 aliphatic rings. The van der Waals surface area contributed by atoms with E-state index in [9.17, 15) is 0 Å². The largest absolute Gasteiger partial charge is 0.371 e. The van der Waals surface area contributed by atoms with Gasteiger partial charge in [0.05, 0.1) is 25.6 Å². The molecular formula is C25H40N2OS. The zero-order valence-corrected chi connectivity index (χ0v) is 19.1. The minimum Gasteiger partial charge on any atom is -0.371 e. The molecule has 1 atom stereocenters. The number of hydrogen-bond acceptors (Lipinski definition) is 3. The fraction of sp³-hybridized carbons (Fsp3) is 0.640. The molecule has 1 unspecified atom stereocenters. The fourth-order valence-electron chi connectivity index (χ4n) is 3.48. The van der Waals surface area contributed by atoms with Gasteiger partial charge in [-0.05, 0) is 17.7 Å². The smallest absolute Gasteiger partial charge is 0.0946 e. The summed E-state index contributed by atoms with van der Waals surface area (Å²) in [5.41, 5.74) is 1.24. The Labute approximate surface area is 182 Å². The standard InChI is InChI=1S/C25H40N2OS/c1-2-3-4-5-6-7-8-9-10-14-19-29-22-25(20-27-18-17-26-23-27)28-21-24-15-12-11-13-16-24/h11-13,15-18,23,25H,2-10,14,19-22H2,1H3. The van der Waals surface area contributed by atoms with Gasteiger partial charge in [0.25, 0.3) is 0 Å². The average Bonchev–Trinajstić information content (AvgIpc) is 3.26. The van der Waals surface area contributed by atoms with Crippen LogP contribution in [-0.2, 0) is 17.9 Å². The lowest BCUT2D eigenvalue weighted by atomic mass is 10.1. The lowest BCUT2D eigenvalue weighted by Gasteiger charge is -2.18. The molecule has 0 amide bonds. The van der Waals surface area contributed by atoms with E-state index in [4.69, 9.17) is 4.74 Å². The van der Waals surface area contributed by atoms with Crippen molar-refractivity contribution >= 4 is 11.8 Å². The monoisotopic (exact) mass is 416 g/mol. The quantitative estimate of drug-likeness (QED) is 0.242. The first kappa shape index (κ1) is 24.0. The predicted octanol–water partition coefficient (Wildman–Crippen LogP) is 7.12. The lowest BCUT2D eigenvalue weighted by Crippen LogP contribution is -2.22. The van der Waals surface area contributed by atoms with Crippen molar-refractivity contribution in [1.29, 1.82) is 0 Å². The minimum absolute atomic E-state index is 0.220. The average molecular weight is 417 g/mol. The fourth-order valence-corrected chi connectivity index (χ4v) is 4.52. The second-order valence-corrected chi connectivity index (χ2v) is 9.08. The molecule has 0 radical (unpaired) electrons. The molecule has 0 aliphatic heterocycles. The molecule has 162 valence electrons. The maximum Gasteiger partial charge on any atom is 0.0946 e. The number of aromatic nitrogens is 2. The number of imidazole rings is 1. The van der Waals surface area contributed by atoms with Crippen LogP contribution < -0.4 is 0 Å². The third-order valence-corrected chi connectivity index (χ3v) is 6.43. The van der Waals surface area contributed by atoms with Gasteiger partial charge in [-0.1, -0.05) is 95.0 Å². The number of nitrogens with zero attached hydrogens (tertiary/aromatic N) is 2. The maximum absolute atomic E-state index is 6.23. The number of thioether (sulfide) groups is 1. The second-order valence-electron chi connectivity index (χ2n) is 7.93. The van der Waals surface area contributed by atoms with E-state index in [-0.39, 0.29) is 6.10 Å². The molecule has 0 saturated carbocycles. The van der Waals surface area contributed by atoms with E-state index in [1.807, 2.05) is 30.5 Å². The van der Waals surface area contributed by atoms with E-state index in [1.165, 1.54) is 75.5 Å². The molecule has 1 heterocycles. The molecule has 2 aromatic rings. The van der Waals surface area contributed by atoms with Gasteiger partial charge in [0.2, 0.25) is 0 Å². The summed E-state index contributed by atoms with van der Waals surface area (Å²) in [7, 11) is 0. The van der Waals surface area contributed by atoms with Crippen molar-refractivity contribution in [3.05, 3.63) is 54.6 Å². The van der Waals surface area contributed by atoms with Crippen LogP contribution in [0.1, 0.15) is 76.7 Å². The molecule has 3 nitrogen and oxygen atoms in total. The summed E-state index contributed by atoms with van der Waals surface area (Å²) in [6.45, 7) is 3.84. The number of benzene rings is 1. The Morgan fingerprint density at radius 1 is 0.931 bits per heavy atom. The highest BCUT2D eigenvalue weighted by atomic mass is 32.2. The van der Waals surface area contributed by atoms with Crippen LogP contribution in [-0.4, -0.2) is 27.2 Å². The highest BCUT2D eigenvalue weighted by Gasteiger charge is 2.11. The second kappa shape index (κ2) is 16.5. The third-order valence-electron chi connectivity index (χ3n) is 5.25. The van der Waals surface area contributed by atoms with E-state index in [0.717, 1.165) is 12.3 Å². The molecular weight excluding hydrogens is 376 g/mol. The zero-order valence-electron chi connectivity index (χ0n) is 18.3. The van der Waals surface area contributed by atoms with E-state index >= 15 is 0 Å². The first-order valence-corrected chi connectivity index (χ1v) is 12.7. The predicted molar refractivity (Wildman–Crippen MR) is 126 cm³/mol. The van der Waals surface area contributed by atoms with E-state index in [0.29, 0.717) is 6.61 Å². The van der Waals surface area contributed by atoms with Crippen LogP contribution in [0.4, 0.5) is 0 Å². The van der Waals surface area contributed by atoms with Crippen molar-refractivity contribution in [2.75, 3.05) is 11.5 Å². The van der Waals surface area contributed by atoms with Gasteiger partial charge in [-0.25, -0.2) is 4.98 Å². The van der Waals surface area contributed by atoms with Crippen LogP contribution in [0.25, 0.3) is 0 Å². The van der Waals surface area contributed by atoms with Gasteiger partial charge in [0.15, 0.2) is 0 Å². The van der Waals surface area contributed by atoms with E-state index in [1.54, 1.807) is 0 Å². The molecule has 0 fully saturated rings. The van der Waals surface area contributed by atoms with Crippen LogP contribution in [0.15, 0.2) is 49.1 Å². The number of hydrogen-bond donors (Lipinski definition) is 0. The Balaban J connectivity index is 1.54. The van der Waals surface area contributed by atoms with Crippen LogP contribution in [0.3, 0.4) is 0 Å². The Kier molecular flexibility index (Phi) is 13.7. The van der Waals surface area contributed by atoms with E-state index in [2.05, 4.69) is 46.8 Å². The Morgan fingerprint density at radius 3 is 2.28 bits per heavy atom. The van der Waals surface area contributed by atoms with Crippen LogP contribution in [0.2, 0.25) is 0 Å². The first-order valence-electron chi connectivity index (χ1n) is 11.6.